The number of halogens is 4. The molecule has 152 valence electrons. The van der Waals surface area contributed by atoms with Crippen molar-refractivity contribution in [3.63, 3.8) is 0 Å². The average molecular weight is 424 g/mol. The van der Waals surface area contributed by atoms with Gasteiger partial charge in [-0.25, -0.2) is 9.66 Å². The summed E-state index contributed by atoms with van der Waals surface area (Å²) in [5, 5.41) is 0.511. The summed E-state index contributed by atoms with van der Waals surface area (Å²) in [5.41, 5.74) is 4.39. The van der Waals surface area contributed by atoms with Crippen LogP contribution in [0.4, 0.5) is 18.9 Å². The molecular weight excluding hydrogens is 407 g/mol. The Morgan fingerprint density at radius 1 is 1.21 bits per heavy atom. The van der Waals surface area contributed by atoms with Crippen LogP contribution in [0.2, 0.25) is 5.02 Å². The molecule has 1 fully saturated rings. The van der Waals surface area contributed by atoms with Crippen molar-refractivity contribution in [2.75, 3.05) is 5.43 Å². The molecule has 0 aliphatic heterocycles. The summed E-state index contributed by atoms with van der Waals surface area (Å²) in [6.45, 7) is 0. The summed E-state index contributed by atoms with van der Waals surface area (Å²) in [6.07, 6.45) is 0.868. The molecule has 3 aromatic rings. The van der Waals surface area contributed by atoms with E-state index in [4.69, 9.17) is 11.6 Å². The molecule has 0 spiro atoms. The van der Waals surface area contributed by atoms with Crippen molar-refractivity contribution < 1.29 is 17.9 Å². The Bertz CT molecular complexity index is 1110. The molecule has 1 aliphatic rings. The summed E-state index contributed by atoms with van der Waals surface area (Å²) in [6, 6.07) is 8.89. The highest BCUT2D eigenvalue weighted by Gasteiger charge is 2.31. The highest BCUT2D eigenvalue weighted by Crippen LogP contribution is 2.33. The van der Waals surface area contributed by atoms with Gasteiger partial charge in [-0.3, -0.25) is 10.2 Å². The molecule has 0 amide bonds. The number of hydrogen-bond donors (Lipinski definition) is 1. The number of anilines is 1. The number of aromatic nitrogens is 2. The number of hydrogen-bond acceptors (Lipinski definition) is 4. The first kappa shape index (κ1) is 19.6. The molecule has 9 heteroatoms. The van der Waals surface area contributed by atoms with E-state index < -0.39 is 17.7 Å². The molecule has 1 aliphatic carbocycles. The van der Waals surface area contributed by atoms with Crippen LogP contribution in [0.15, 0.2) is 47.5 Å². The number of alkyl halides is 3. The van der Waals surface area contributed by atoms with Crippen LogP contribution in [0, 0.1) is 5.92 Å². The molecular formula is C20H17ClF3N3O2. The molecule has 0 atom stereocenters. The van der Waals surface area contributed by atoms with Gasteiger partial charge in [-0.1, -0.05) is 36.9 Å². The van der Waals surface area contributed by atoms with Gasteiger partial charge >= 0.3 is 6.36 Å². The zero-order chi connectivity index (χ0) is 20.6. The van der Waals surface area contributed by atoms with Crippen molar-refractivity contribution in [1.82, 2.24) is 9.66 Å². The van der Waals surface area contributed by atoms with E-state index in [0.717, 1.165) is 28.8 Å². The lowest BCUT2D eigenvalue weighted by molar-refractivity contribution is -0.274. The summed E-state index contributed by atoms with van der Waals surface area (Å²) >= 11 is 6.12. The SMILES string of the molecule is O=c1c2cc(OC(F)(F)F)ccc2ncn1Nc1cc(Cl)ccc1CC1CCC1. The van der Waals surface area contributed by atoms with E-state index in [9.17, 15) is 18.0 Å². The Kier molecular flexibility index (Phi) is 5.12. The number of ether oxygens (including phenoxy) is 1. The zero-order valence-corrected chi connectivity index (χ0v) is 15.9. The number of nitrogens with one attached hydrogen (secondary N) is 1. The van der Waals surface area contributed by atoms with Gasteiger partial charge in [0.1, 0.15) is 12.1 Å². The Balaban J connectivity index is 1.68. The largest absolute Gasteiger partial charge is 0.573 e. The van der Waals surface area contributed by atoms with Crippen LogP contribution < -0.4 is 15.7 Å². The van der Waals surface area contributed by atoms with Gasteiger partial charge in [-0.05, 0) is 48.2 Å². The predicted octanol–water partition coefficient (Wildman–Crippen LogP) is 5.17. The van der Waals surface area contributed by atoms with Crippen molar-refractivity contribution in [3.8, 4) is 5.75 Å². The lowest BCUT2D eigenvalue weighted by Gasteiger charge is -2.26. The Morgan fingerprint density at radius 2 is 2.00 bits per heavy atom. The summed E-state index contributed by atoms with van der Waals surface area (Å²) < 4.78 is 42.5. The minimum Gasteiger partial charge on any atom is -0.406 e. The maximum Gasteiger partial charge on any atom is 0.573 e. The predicted molar refractivity (Wildman–Crippen MR) is 104 cm³/mol. The normalized spacial score (nSPS) is 14.6. The van der Waals surface area contributed by atoms with E-state index in [1.54, 1.807) is 12.1 Å². The van der Waals surface area contributed by atoms with E-state index in [1.165, 1.54) is 31.7 Å². The molecule has 1 aromatic heterocycles. The van der Waals surface area contributed by atoms with Crippen molar-refractivity contribution >= 4 is 28.2 Å². The van der Waals surface area contributed by atoms with Gasteiger partial charge in [0.2, 0.25) is 0 Å². The molecule has 0 saturated heterocycles. The molecule has 29 heavy (non-hydrogen) atoms. The lowest BCUT2D eigenvalue weighted by Crippen LogP contribution is -2.27. The van der Waals surface area contributed by atoms with Crippen LogP contribution in [0.1, 0.15) is 24.8 Å². The van der Waals surface area contributed by atoms with E-state index in [-0.39, 0.29) is 10.9 Å². The van der Waals surface area contributed by atoms with Gasteiger partial charge in [0, 0.05) is 5.02 Å². The first-order valence-electron chi connectivity index (χ1n) is 9.11. The standard InChI is InChI=1S/C20H17ClF3N3O2/c21-14-5-4-13(8-12-2-1-3-12)18(9-14)26-27-11-25-17-7-6-15(29-20(22,23)24)10-16(17)19(27)28/h4-7,9-12,26H,1-3,8H2. The van der Waals surface area contributed by atoms with Crippen LogP contribution in [0.25, 0.3) is 10.9 Å². The fraction of sp³-hybridized carbons (Fsp3) is 0.300. The molecule has 1 saturated carbocycles. The van der Waals surface area contributed by atoms with Crippen LogP contribution >= 0.6 is 11.6 Å². The minimum absolute atomic E-state index is 0.00400. The monoisotopic (exact) mass is 423 g/mol. The number of nitrogens with zero attached hydrogens (tertiary/aromatic N) is 2. The smallest absolute Gasteiger partial charge is 0.406 e. The molecule has 0 radical (unpaired) electrons. The lowest BCUT2D eigenvalue weighted by atomic mass is 9.81. The topological polar surface area (TPSA) is 56.1 Å². The highest BCUT2D eigenvalue weighted by molar-refractivity contribution is 6.30. The van der Waals surface area contributed by atoms with E-state index in [2.05, 4.69) is 15.1 Å². The van der Waals surface area contributed by atoms with Crippen LogP contribution in [-0.4, -0.2) is 16.0 Å². The van der Waals surface area contributed by atoms with Crippen molar-refractivity contribution in [2.45, 2.75) is 32.0 Å². The first-order valence-corrected chi connectivity index (χ1v) is 9.49. The Labute approximate surface area is 169 Å². The van der Waals surface area contributed by atoms with Gasteiger partial charge in [-0.2, -0.15) is 0 Å². The van der Waals surface area contributed by atoms with Crippen molar-refractivity contribution in [3.05, 3.63) is 63.7 Å². The van der Waals surface area contributed by atoms with Crippen molar-refractivity contribution in [2.24, 2.45) is 5.92 Å². The van der Waals surface area contributed by atoms with E-state index in [0.29, 0.717) is 16.6 Å². The van der Waals surface area contributed by atoms with Gasteiger partial charge < -0.3 is 4.74 Å². The maximum atomic E-state index is 12.8. The molecule has 0 bridgehead atoms. The van der Waals surface area contributed by atoms with E-state index in [1.807, 2.05) is 6.07 Å². The number of benzene rings is 2. The Hall–Kier alpha value is -2.74. The van der Waals surface area contributed by atoms with Crippen LogP contribution in [0.5, 0.6) is 5.75 Å². The zero-order valence-electron chi connectivity index (χ0n) is 15.2. The van der Waals surface area contributed by atoms with Crippen LogP contribution in [-0.2, 0) is 6.42 Å². The average Bonchev–Trinajstić information content (AvgIpc) is 2.61. The number of rotatable bonds is 5. The summed E-state index contributed by atoms with van der Waals surface area (Å²) in [4.78, 5) is 17.0. The minimum atomic E-state index is -4.84. The molecule has 4 rings (SSSR count). The van der Waals surface area contributed by atoms with Crippen LogP contribution in [0.3, 0.4) is 0 Å². The summed E-state index contributed by atoms with van der Waals surface area (Å²) in [5.74, 6) is 0.125. The number of fused-ring (bicyclic) bond motifs is 1. The fourth-order valence-electron chi connectivity index (χ4n) is 3.35. The van der Waals surface area contributed by atoms with E-state index >= 15 is 0 Å². The molecule has 1 N–H and O–H groups in total. The molecule has 2 aromatic carbocycles. The van der Waals surface area contributed by atoms with Crippen molar-refractivity contribution in [1.29, 1.82) is 0 Å². The van der Waals surface area contributed by atoms with Gasteiger partial charge in [0.05, 0.1) is 16.6 Å². The van der Waals surface area contributed by atoms with Gasteiger partial charge in [0.25, 0.3) is 5.56 Å². The summed E-state index contributed by atoms with van der Waals surface area (Å²) in [7, 11) is 0. The fourth-order valence-corrected chi connectivity index (χ4v) is 3.52. The third kappa shape index (κ3) is 4.48. The molecule has 5 nitrogen and oxygen atoms in total. The maximum absolute atomic E-state index is 12.8. The first-order chi connectivity index (χ1) is 13.8. The van der Waals surface area contributed by atoms with Gasteiger partial charge in [0.15, 0.2) is 0 Å². The highest BCUT2D eigenvalue weighted by atomic mass is 35.5. The third-order valence-corrected chi connectivity index (χ3v) is 5.24. The third-order valence-electron chi connectivity index (χ3n) is 5.01. The molecule has 1 heterocycles. The second-order valence-corrected chi connectivity index (χ2v) is 7.50. The second kappa shape index (κ2) is 7.59. The Morgan fingerprint density at radius 3 is 2.69 bits per heavy atom. The van der Waals surface area contributed by atoms with Gasteiger partial charge in [-0.15, -0.1) is 13.2 Å². The molecule has 0 unspecified atom stereocenters. The second-order valence-electron chi connectivity index (χ2n) is 7.06. The quantitative estimate of drug-likeness (QED) is 0.615.